The van der Waals surface area contributed by atoms with Crippen molar-refractivity contribution in [2.45, 2.75) is 38.5 Å². The first-order chi connectivity index (χ1) is 13.3. The van der Waals surface area contributed by atoms with Crippen molar-refractivity contribution in [3.05, 3.63) is 71.3 Å². The van der Waals surface area contributed by atoms with E-state index in [9.17, 15) is 23.1 Å². The summed E-state index contributed by atoms with van der Waals surface area (Å²) in [4.78, 5) is 13.7. The van der Waals surface area contributed by atoms with Crippen molar-refractivity contribution in [2.75, 3.05) is 6.54 Å². The molecule has 28 heavy (non-hydrogen) atoms. The molecule has 1 N–H and O–H groups in total. The molecule has 3 atom stereocenters. The lowest BCUT2D eigenvalue weighted by molar-refractivity contribution is -0.144. The fourth-order valence-corrected chi connectivity index (χ4v) is 3.95. The third-order valence-corrected chi connectivity index (χ3v) is 5.70. The molecular weight excluding hydrogens is 367 g/mol. The highest BCUT2D eigenvalue weighted by Gasteiger charge is 2.35. The predicted octanol–water partition coefficient (Wildman–Crippen LogP) is 5.38. The number of nitrogens with zero attached hydrogens (tertiary/aromatic N) is 1. The van der Waals surface area contributed by atoms with Gasteiger partial charge in [-0.3, -0.25) is 9.69 Å². The Morgan fingerprint density at radius 2 is 1.79 bits per heavy atom. The van der Waals surface area contributed by atoms with Gasteiger partial charge in [0.05, 0.1) is 11.5 Å². The fraction of sp³-hybridized carbons (Fsp3) is 0.409. The van der Waals surface area contributed by atoms with Crippen molar-refractivity contribution in [2.24, 2.45) is 11.8 Å². The Morgan fingerprint density at radius 1 is 1.14 bits per heavy atom. The number of alkyl halides is 3. The van der Waals surface area contributed by atoms with Crippen LogP contribution in [0.5, 0.6) is 0 Å². The summed E-state index contributed by atoms with van der Waals surface area (Å²) in [7, 11) is 0. The first-order valence-corrected chi connectivity index (χ1v) is 9.43. The number of carboxylic acids is 1. The number of carbonyl (C=O) groups is 1. The molecule has 3 nitrogen and oxygen atoms in total. The van der Waals surface area contributed by atoms with Crippen molar-refractivity contribution in [3.8, 4) is 0 Å². The van der Waals surface area contributed by atoms with Crippen LogP contribution in [0.2, 0.25) is 0 Å². The molecule has 0 saturated carbocycles. The van der Waals surface area contributed by atoms with Gasteiger partial charge >= 0.3 is 12.1 Å². The number of carboxylic acid groups (broad SMARTS) is 1. The van der Waals surface area contributed by atoms with E-state index in [1.54, 1.807) is 6.92 Å². The summed E-state index contributed by atoms with van der Waals surface area (Å²) in [5.41, 5.74) is 1.26. The molecule has 150 valence electrons. The largest absolute Gasteiger partial charge is 0.481 e. The van der Waals surface area contributed by atoms with Gasteiger partial charge in [-0.25, -0.2) is 0 Å². The smallest absolute Gasteiger partial charge is 0.416 e. The number of benzene rings is 2. The molecule has 1 heterocycles. The minimum Gasteiger partial charge on any atom is -0.481 e. The van der Waals surface area contributed by atoms with Crippen LogP contribution < -0.4 is 0 Å². The summed E-state index contributed by atoms with van der Waals surface area (Å²) in [6.07, 6.45) is -2.99. The summed E-state index contributed by atoms with van der Waals surface area (Å²) >= 11 is 0. The van der Waals surface area contributed by atoms with Gasteiger partial charge in [-0.05, 0) is 48.6 Å². The highest BCUT2D eigenvalue weighted by Crippen LogP contribution is 2.39. The summed E-state index contributed by atoms with van der Waals surface area (Å²) in [5.74, 6) is -1.31. The molecule has 1 unspecified atom stereocenters. The molecule has 0 radical (unpaired) electrons. The summed E-state index contributed by atoms with van der Waals surface area (Å²) in [6, 6.07) is 15.1. The van der Waals surface area contributed by atoms with E-state index >= 15 is 0 Å². The number of piperidine rings is 1. The monoisotopic (exact) mass is 391 g/mol. The van der Waals surface area contributed by atoms with Crippen molar-refractivity contribution in [1.82, 2.24) is 4.90 Å². The second-order valence-corrected chi connectivity index (χ2v) is 7.50. The molecule has 0 bridgehead atoms. The van der Waals surface area contributed by atoms with Crippen LogP contribution >= 0.6 is 0 Å². The fourth-order valence-electron chi connectivity index (χ4n) is 3.95. The third-order valence-electron chi connectivity index (χ3n) is 5.70. The second kappa shape index (κ2) is 8.35. The minimum absolute atomic E-state index is 0.00295. The van der Waals surface area contributed by atoms with E-state index in [1.807, 2.05) is 30.3 Å². The van der Waals surface area contributed by atoms with Gasteiger partial charge in [0.1, 0.15) is 0 Å². The number of halogens is 3. The molecular formula is C22H24F3NO2. The Kier molecular flexibility index (Phi) is 6.08. The molecule has 1 saturated heterocycles. The van der Waals surface area contributed by atoms with Gasteiger partial charge in [0.2, 0.25) is 0 Å². The molecule has 1 aliphatic heterocycles. The van der Waals surface area contributed by atoms with E-state index < -0.39 is 23.6 Å². The average Bonchev–Trinajstić information content (AvgIpc) is 2.68. The molecule has 0 amide bonds. The van der Waals surface area contributed by atoms with Crippen LogP contribution in [0, 0.1) is 11.8 Å². The minimum atomic E-state index is -4.37. The molecule has 1 fully saturated rings. The molecule has 3 rings (SSSR count). The first kappa shape index (κ1) is 20.4. The van der Waals surface area contributed by atoms with Gasteiger partial charge in [0.15, 0.2) is 0 Å². The molecule has 2 aromatic carbocycles. The van der Waals surface area contributed by atoms with Gasteiger partial charge in [0.25, 0.3) is 0 Å². The first-order valence-electron chi connectivity index (χ1n) is 9.43. The van der Waals surface area contributed by atoms with E-state index in [0.717, 1.165) is 29.7 Å². The highest BCUT2D eigenvalue weighted by molar-refractivity contribution is 5.69. The Labute approximate surface area is 162 Å². The van der Waals surface area contributed by atoms with Crippen molar-refractivity contribution in [1.29, 1.82) is 0 Å². The number of hydrogen-bond donors (Lipinski definition) is 1. The molecule has 0 aromatic heterocycles. The van der Waals surface area contributed by atoms with Crippen LogP contribution in [0.25, 0.3) is 0 Å². The lowest BCUT2D eigenvalue weighted by Crippen LogP contribution is -2.39. The van der Waals surface area contributed by atoms with Crippen LogP contribution in [0.4, 0.5) is 13.2 Å². The Bertz CT molecular complexity index is 790. The van der Waals surface area contributed by atoms with E-state index in [2.05, 4.69) is 4.90 Å². The predicted molar refractivity (Wildman–Crippen MR) is 101 cm³/mol. The van der Waals surface area contributed by atoms with E-state index in [1.165, 1.54) is 12.1 Å². The zero-order valence-corrected chi connectivity index (χ0v) is 15.7. The van der Waals surface area contributed by atoms with Gasteiger partial charge in [-0.2, -0.15) is 13.2 Å². The summed E-state index contributed by atoms with van der Waals surface area (Å²) in [6.45, 7) is 3.10. The normalized spacial score (nSPS) is 22.0. The van der Waals surface area contributed by atoms with Crippen LogP contribution in [-0.4, -0.2) is 22.5 Å². The standard InChI is InChI=1S/C22H24F3NO2/c1-15(21(27)28)18-11-12-26(14-16-5-3-2-4-6-16)20(13-18)17-7-9-19(10-8-17)22(23,24)25/h2-10,15,18,20H,11-14H2,1H3,(H,27,28)/t15?,18-,20+/m1/s1. The average molecular weight is 391 g/mol. The number of hydrogen-bond acceptors (Lipinski definition) is 2. The van der Waals surface area contributed by atoms with E-state index in [0.29, 0.717) is 19.5 Å². The van der Waals surface area contributed by atoms with Crippen molar-refractivity contribution < 1.29 is 23.1 Å². The van der Waals surface area contributed by atoms with Crippen LogP contribution in [0.1, 0.15) is 42.5 Å². The lowest BCUT2D eigenvalue weighted by atomic mass is 9.79. The molecule has 0 spiro atoms. The van der Waals surface area contributed by atoms with Crippen molar-refractivity contribution in [3.63, 3.8) is 0 Å². The zero-order chi connectivity index (χ0) is 20.3. The third kappa shape index (κ3) is 4.73. The number of aliphatic carboxylic acids is 1. The highest BCUT2D eigenvalue weighted by atomic mass is 19.4. The zero-order valence-electron chi connectivity index (χ0n) is 15.7. The number of likely N-dealkylation sites (tertiary alicyclic amines) is 1. The Morgan fingerprint density at radius 3 is 2.36 bits per heavy atom. The molecule has 2 aromatic rings. The SMILES string of the molecule is CC(C(=O)O)[C@@H]1CCN(Cc2ccccc2)[C@H](c2ccc(C(F)(F)F)cc2)C1. The van der Waals surface area contributed by atoms with E-state index in [4.69, 9.17) is 0 Å². The molecule has 0 aliphatic carbocycles. The quantitative estimate of drug-likeness (QED) is 0.744. The van der Waals surface area contributed by atoms with Crippen molar-refractivity contribution >= 4 is 5.97 Å². The Balaban J connectivity index is 1.86. The number of rotatable bonds is 5. The van der Waals surface area contributed by atoms with E-state index in [-0.39, 0.29) is 12.0 Å². The maximum Gasteiger partial charge on any atom is 0.416 e. The summed E-state index contributed by atoms with van der Waals surface area (Å²) in [5, 5.41) is 9.38. The topological polar surface area (TPSA) is 40.5 Å². The molecule has 1 aliphatic rings. The summed E-state index contributed by atoms with van der Waals surface area (Å²) < 4.78 is 38.7. The second-order valence-electron chi connectivity index (χ2n) is 7.50. The maximum absolute atomic E-state index is 12.9. The maximum atomic E-state index is 12.9. The lowest BCUT2D eigenvalue weighted by Gasteiger charge is -2.41. The van der Waals surface area contributed by atoms with Crippen LogP contribution in [-0.2, 0) is 17.5 Å². The van der Waals surface area contributed by atoms with Crippen LogP contribution in [0.3, 0.4) is 0 Å². The molecule has 6 heteroatoms. The van der Waals surface area contributed by atoms with Crippen LogP contribution in [0.15, 0.2) is 54.6 Å². The van der Waals surface area contributed by atoms with Gasteiger partial charge in [-0.1, -0.05) is 49.4 Å². The Hall–Kier alpha value is -2.34. The van der Waals surface area contributed by atoms with Gasteiger partial charge < -0.3 is 5.11 Å². The van der Waals surface area contributed by atoms with Gasteiger partial charge in [-0.15, -0.1) is 0 Å². The van der Waals surface area contributed by atoms with Gasteiger partial charge in [0, 0.05) is 12.6 Å².